The van der Waals surface area contributed by atoms with Gasteiger partial charge in [0.1, 0.15) is 0 Å². The van der Waals surface area contributed by atoms with Crippen molar-refractivity contribution < 1.29 is 4.74 Å². The normalized spacial score (nSPS) is 29.6. The number of aromatic nitrogens is 2. The third-order valence-electron chi connectivity index (χ3n) is 3.99. The molecule has 2 fully saturated rings. The molecule has 1 aromatic rings. The summed E-state index contributed by atoms with van der Waals surface area (Å²) in [7, 11) is 0. The molecule has 2 bridgehead atoms. The van der Waals surface area contributed by atoms with Crippen LogP contribution in [0, 0.1) is 0 Å². The van der Waals surface area contributed by atoms with Gasteiger partial charge >= 0.3 is 0 Å². The Kier molecular flexibility index (Phi) is 3.78. The van der Waals surface area contributed by atoms with E-state index in [2.05, 4.69) is 21.8 Å². The number of nitrogens with zero attached hydrogens (tertiary/aromatic N) is 3. The van der Waals surface area contributed by atoms with E-state index in [1.807, 2.05) is 6.20 Å². The van der Waals surface area contributed by atoms with Gasteiger partial charge < -0.3 is 9.64 Å². The molecule has 2 aliphatic rings. The van der Waals surface area contributed by atoms with Crippen LogP contribution in [0.4, 0.5) is 5.82 Å². The molecule has 104 valence electrons. The highest BCUT2D eigenvalue weighted by molar-refractivity contribution is 6.20. The third-order valence-corrected chi connectivity index (χ3v) is 4.35. The molecular formula is C14H20ClN3O. The van der Waals surface area contributed by atoms with Crippen LogP contribution in [-0.2, 0) is 0 Å². The van der Waals surface area contributed by atoms with Crippen molar-refractivity contribution in [3.05, 3.63) is 12.4 Å². The van der Waals surface area contributed by atoms with Gasteiger partial charge in [0.15, 0.2) is 5.82 Å². The average molecular weight is 282 g/mol. The van der Waals surface area contributed by atoms with E-state index in [0.29, 0.717) is 29.9 Å². The molecule has 0 spiro atoms. The number of anilines is 1. The molecule has 2 atom stereocenters. The quantitative estimate of drug-likeness (QED) is 0.795. The predicted octanol–water partition coefficient (Wildman–Crippen LogP) is 3.00. The van der Waals surface area contributed by atoms with E-state index in [0.717, 1.165) is 25.1 Å². The summed E-state index contributed by atoms with van der Waals surface area (Å²) in [6, 6.07) is 1.05. The van der Waals surface area contributed by atoms with Crippen molar-refractivity contribution in [2.75, 3.05) is 11.5 Å². The molecule has 2 saturated heterocycles. The van der Waals surface area contributed by atoms with Crippen LogP contribution in [0.3, 0.4) is 0 Å². The molecule has 0 radical (unpaired) electrons. The van der Waals surface area contributed by atoms with Crippen molar-refractivity contribution in [3.8, 4) is 5.88 Å². The topological polar surface area (TPSA) is 38.2 Å². The fourth-order valence-electron chi connectivity index (χ4n) is 3.22. The number of fused-ring (bicyclic) bond motifs is 2. The highest BCUT2D eigenvalue weighted by Gasteiger charge is 2.40. The Bertz CT molecular complexity index is 428. The van der Waals surface area contributed by atoms with Crippen molar-refractivity contribution in [3.63, 3.8) is 0 Å². The van der Waals surface area contributed by atoms with Crippen molar-refractivity contribution in [1.82, 2.24) is 9.97 Å². The zero-order valence-electron chi connectivity index (χ0n) is 11.3. The molecule has 4 nitrogen and oxygen atoms in total. The number of halogens is 1. The first-order chi connectivity index (χ1) is 9.28. The number of rotatable bonds is 4. The van der Waals surface area contributed by atoms with Crippen LogP contribution < -0.4 is 9.64 Å². The number of hydrogen-bond donors (Lipinski definition) is 0. The molecule has 2 aliphatic heterocycles. The first-order valence-electron chi connectivity index (χ1n) is 7.15. The molecule has 0 saturated carbocycles. The average Bonchev–Trinajstić information content (AvgIpc) is 2.69. The van der Waals surface area contributed by atoms with Gasteiger partial charge in [-0.05, 0) is 32.1 Å². The van der Waals surface area contributed by atoms with E-state index in [9.17, 15) is 0 Å². The lowest BCUT2D eigenvalue weighted by Crippen LogP contribution is -2.44. The van der Waals surface area contributed by atoms with Gasteiger partial charge in [0, 0.05) is 17.5 Å². The summed E-state index contributed by atoms with van der Waals surface area (Å²) in [5.41, 5.74) is 0. The maximum Gasteiger partial charge on any atom is 0.234 e. The van der Waals surface area contributed by atoms with E-state index in [1.165, 1.54) is 12.8 Å². The highest BCUT2D eigenvalue weighted by Crippen LogP contribution is 2.40. The van der Waals surface area contributed by atoms with Gasteiger partial charge in [-0.3, -0.25) is 4.98 Å². The molecule has 19 heavy (non-hydrogen) atoms. The summed E-state index contributed by atoms with van der Waals surface area (Å²) in [4.78, 5) is 11.3. The second-order valence-corrected chi connectivity index (χ2v) is 6.04. The van der Waals surface area contributed by atoms with Crippen LogP contribution in [-0.4, -0.2) is 34.0 Å². The maximum absolute atomic E-state index is 6.31. The van der Waals surface area contributed by atoms with E-state index < -0.39 is 0 Å². The Morgan fingerprint density at radius 3 is 2.74 bits per heavy atom. The maximum atomic E-state index is 6.31. The lowest BCUT2D eigenvalue weighted by molar-refractivity contribution is 0.303. The van der Waals surface area contributed by atoms with Crippen LogP contribution in [0.5, 0.6) is 5.88 Å². The SMILES string of the molecule is CCCOc1cncc(N2C3CCC2CC(Cl)C3)n1. The molecule has 0 aromatic carbocycles. The Hall–Kier alpha value is -1.03. The fraction of sp³-hybridized carbons (Fsp3) is 0.714. The van der Waals surface area contributed by atoms with Gasteiger partial charge in [0.25, 0.3) is 0 Å². The Morgan fingerprint density at radius 2 is 2.05 bits per heavy atom. The van der Waals surface area contributed by atoms with Gasteiger partial charge in [-0.15, -0.1) is 11.6 Å². The fourth-order valence-corrected chi connectivity index (χ4v) is 3.63. The lowest BCUT2D eigenvalue weighted by atomic mass is 10.0. The molecule has 5 heteroatoms. The number of hydrogen-bond acceptors (Lipinski definition) is 4. The minimum atomic E-state index is 0.321. The smallest absolute Gasteiger partial charge is 0.234 e. The standard InChI is InChI=1S/C14H20ClN3O/c1-2-5-19-14-9-16-8-13(17-14)18-11-3-4-12(18)7-10(15)6-11/h8-12H,2-7H2,1H3. The van der Waals surface area contributed by atoms with Gasteiger partial charge in [0.05, 0.1) is 19.0 Å². The van der Waals surface area contributed by atoms with Crippen LogP contribution >= 0.6 is 11.6 Å². The monoisotopic (exact) mass is 281 g/mol. The van der Waals surface area contributed by atoms with E-state index in [-0.39, 0.29) is 0 Å². The molecule has 2 unspecified atom stereocenters. The lowest BCUT2D eigenvalue weighted by Gasteiger charge is -2.37. The molecule has 1 aromatic heterocycles. The van der Waals surface area contributed by atoms with Crippen LogP contribution in [0.25, 0.3) is 0 Å². The van der Waals surface area contributed by atoms with E-state index in [4.69, 9.17) is 16.3 Å². The Balaban J connectivity index is 1.79. The molecule has 3 heterocycles. The molecule has 0 amide bonds. The van der Waals surface area contributed by atoms with Crippen molar-refractivity contribution in [2.45, 2.75) is 56.5 Å². The van der Waals surface area contributed by atoms with Gasteiger partial charge in [-0.25, -0.2) is 0 Å². The first-order valence-corrected chi connectivity index (χ1v) is 7.59. The first kappa shape index (κ1) is 13.0. The zero-order chi connectivity index (χ0) is 13.2. The van der Waals surface area contributed by atoms with Gasteiger partial charge in [0.2, 0.25) is 5.88 Å². The van der Waals surface area contributed by atoms with Crippen molar-refractivity contribution in [1.29, 1.82) is 0 Å². The van der Waals surface area contributed by atoms with Crippen LogP contribution in [0.1, 0.15) is 39.0 Å². The van der Waals surface area contributed by atoms with Crippen LogP contribution in [0.2, 0.25) is 0 Å². The number of piperidine rings is 1. The minimum absolute atomic E-state index is 0.321. The van der Waals surface area contributed by atoms with E-state index >= 15 is 0 Å². The van der Waals surface area contributed by atoms with Crippen LogP contribution in [0.15, 0.2) is 12.4 Å². The molecular weight excluding hydrogens is 262 g/mol. The van der Waals surface area contributed by atoms with E-state index in [1.54, 1.807) is 6.20 Å². The Morgan fingerprint density at radius 1 is 1.32 bits per heavy atom. The summed E-state index contributed by atoms with van der Waals surface area (Å²) in [5, 5.41) is 0.321. The third kappa shape index (κ3) is 2.64. The molecule has 0 N–H and O–H groups in total. The second-order valence-electron chi connectivity index (χ2n) is 5.42. The van der Waals surface area contributed by atoms with Crippen molar-refractivity contribution >= 4 is 17.4 Å². The summed E-state index contributed by atoms with van der Waals surface area (Å²) in [6.45, 7) is 2.78. The Labute approximate surface area is 119 Å². The summed E-state index contributed by atoms with van der Waals surface area (Å²) in [6.07, 6.45) is 9.06. The zero-order valence-corrected chi connectivity index (χ0v) is 12.0. The second kappa shape index (κ2) is 5.53. The summed E-state index contributed by atoms with van der Waals surface area (Å²) >= 11 is 6.31. The predicted molar refractivity (Wildman–Crippen MR) is 76.0 cm³/mol. The summed E-state index contributed by atoms with van der Waals surface area (Å²) < 4.78 is 5.57. The van der Waals surface area contributed by atoms with Crippen molar-refractivity contribution in [2.24, 2.45) is 0 Å². The molecule has 3 rings (SSSR count). The summed E-state index contributed by atoms with van der Waals surface area (Å²) in [5.74, 6) is 1.58. The van der Waals surface area contributed by atoms with Gasteiger partial charge in [-0.2, -0.15) is 4.98 Å². The largest absolute Gasteiger partial charge is 0.477 e. The molecule has 0 aliphatic carbocycles. The minimum Gasteiger partial charge on any atom is -0.477 e. The van der Waals surface area contributed by atoms with Gasteiger partial charge in [-0.1, -0.05) is 6.92 Å². The number of ether oxygens (including phenoxy) is 1. The highest BCUT2D eigenvalue weighted by atomic mass is 35.5. The number of alkyl halides is 1.